The number of hydrogen-bond donors (Lipinski definition) is 2. The van der Waals surface area contributed by atoms with Gasteiger partial charge in [0.25, 0.3) is 0 Å². The summed E-state index contributed by atoms with van der Waals surface area (Å²) in [5, 5.41) is 12.8. The van der Waals surface area contributed by atoms with Crippen molar-refractivity contribution in [3.8, 4) is 0 Å². The first kappa shape index (κ1) is 20.9. The molecule has 0 aliphatic carbocycles. The average Bonchev–Trinajstić information content (AvgIpc) is 2.81. The van der Waals surface area contributed by atoms with E-state index in [0.717, 1.165) is 16.8 Å². The van der Waals surface area contributed by atoms with Crippen LogP contribution in [0.3, 0.4) is 0 Å². The van der Waals surface area contributed by atoms with Gasteiger partial charge < -0.3 is 20.1 Å². The van der Waals surface area contributed by atoms with Gasteiger partial charge in [-0.2, -0.15) is 0 Å². The van der Waals surface area contributed by atoms with Crippen LogP contribution in [0.1, 0.15) is 42.3 Å². The van der Waals surface area contributed by atoms with Gasteiger partial charge in [0.15, 0.2) is 0 Å². The van der Waals surface area contributed by atoms with Gasteiger partial charge in [-0.3, -0.25) is 4.79 Å². The van der Waals surface area contributed by atoms with Crippen LogP contribution in [0.5, 0.6) is 0 Å². The van der Waals surface area contributed by atoms with Crippen LogP contribution in [0, 0.1) is 0 Å². The number of carbonyl (C=O) groups excluding carboxylic acids is 2. The number of carbonyl (C=O) groups is 2. The van der Waals surface area contributed by atoms with Gasteiger partial charge in [0.1, 0.15) is 11.6 Å². The summed E-state index contributed by atoms with van der Waals surface area (Å²) in [5.41, 5.74) is 2.57. The Morgan fingerprint density at radius 2 is 1.93 bits per heavy atom. The Morgan fingerprint density at radius 3 is 2.59 bits per heavy atom. The van der Waals surface area contributed by atoms with Crippen LogP contribution in [-0.2, 0) is 22.5 Å². The number of rotatable bonds is 5. The second-order valence-corrected chi connectivity index (χ2v) is 8.25. The molecule has 0 radical (unpaired) electrons. The number of amides is 1. The summed E-state index contributed by atoms with van der Waals surface area (Å²) >= 11 is 0. The van der Waals surface area contributed by atoms with Gasteiger partial charge in [-0.1, -0.05) is 30.3 Å². The summed E-state index contributed by atoms with van der Waals surface area (Å²) < 4.78 is 5.46. The lowest BCUT2D eigenvalue weighted by atomic mass is 10.1. The number of fused-ring (bicyclic) bond motifs is 1. The highest BCUT2D eigenvalue weighted by Gasteiger charge is 2.29. The lowest BCUT2D eigenvalue weighted by Crippen LogP contribution is -2.43. The Hall–Kier alpha value is -2.86. The van der Waals surface area contributed by atoms with E-state index in [9.17, 15) is 14.7 Å². The molecule has 6 heteroatoms. The highest BCUT2D eigenvalue weighted by Crippen LogP contribution is 2.26. The van der Waals surface area contributed by atoms with Crippen molar-refractivity contribution in [1.29, 1.82) is 0 Å². The van der Waals surface area contributed by atoms with Crippen LogP contribution in [-0.4, -0.2) is 46.7 Å². The van der Waals surface area contributed by atoms with Crippen LogP contribution in [0.2, 0.25) is 0 Å². The molecule has 29 heavy (non-hydrogen) atoms. The van der Waals surface area contributed by atoms with Gasteiger partial charge in [-0.15, -0.1) is 0 Å². The predicted octanol–water partition coefficient (Wildman–Crippen LogP) is 3.00. The van der Waals surface area contributed by atoms with Gasteiger partial charge in [0.2, 0.25) is 5.91 Å². The van der Waals surface area contributed by atoms with E-state index < -0.39 is 17.6 Å². The van der Waals surface area contributed by atoms with Crippen LogP contribution < -0.4 is 5.32 Å². The SMILES string of the molecule is CC(C)(C)OC(=O)c1ccc2c(c1)CN(CCc1ccccc1)C(=O)[C@@H](CO)N2. The summed E-state index contributed by atoms with van der Waals surface area (Å²) in [7, 11) is 0. The molecule has 2 aromatic rings. The molecule has 1 aliphatic rings. The number of nitrogens with one attached hydrogen (secondary N) is 1. The van der Waals surface area contributed by atoms with Gasteiger partial charge in [-0.05, 0) is 56.5 Å². The zero-order valence-electron chi connectivity index (χ0n) is 17.1. The smallest absolute Gasteiger partial charge is 0.338 e. The third-order valence-corrected chi connectivity index (χ3v) is 4.74. The Bertz CT molecular complexity index is 874. The molecular formula is C23H28N2O4. The summed E-state index contributed by atoms with van der Waals surface area (Å²) in [6, 6.07) is 14.5. The minimum Gasteiger partial charge on any atom is -0.456 e. The number of aliphatic hydroxyl groups is 1. The summed E-state index contributed by atoms with van der Waals surface area (Å²) in [4.78, 5) is 27.1. The molecule has 0 spiro atoms. The fourth-order valence-electron chi connectivity index (χ4n) is 3.30. The van der Waals surface area contributed by atoms with E-state index in [4.69, 9.17) is 4.74 Å². The zero-order valence-corrected chi connectivity index (χ0v) is 17.1. The van der Waals surface area contributed by atoms with E-state index in [-0.39, 0.29) is 12.5 Å². The molecule has 1 aliphatic heterocycles. The molecule has 2 N–H and O–H groups in total. The highest BCUT2D eigenvalue weighted by molar-refractivity contribution is 5.92. The second-order valence-electron chi connectivity index (χ2n) is 8.25. The number of anilines is 1. The summed E-state index contributed by atoms with van der Waals surface area (Å²) in [6.45, 7) is 6.06. The zero-order chi connectivity index (χ0) is 21.0. The molecule has 6 nitrogen and oxygen atoms in total. The first-order chi connectivity index (χ1) is 13.8. The molecular weight excluding hydrogens is 368 g/mol. The van der Waals surface area contributed by atoms with Crippen molar-refractivity contribution in [3.63, 3.8) is 0 Å². The maximum atomic E-state index is 12.9. The quantitative estimate of drug-likeness (QED) is 0.760. The van der Waals surface area contributed by atoms with Gasteiger partial charge in [-0.25, -0.2) is 4.79 Å². The van der Waals surface area contributed by atoms with E-state index in [1.165, 1.54) is 0 Å². The monoisotopic (exact) mass is 396 g/mol. The number of aliphatic hydroxyl groups excluding tert-OH is 1. The molecule has 0 saturated heterocycles. The minimum absolute atomic E-state index is 0.154. The van der Waals surface area contributed by atoms with Crippen LogP contribution in [0.4, 0.5) is 5.69 Å². The van der Waals surface area contributed by atoms with E-state index in [1.807, 2.05) is 51.1 Å². The Morgan fingerprint density at radius 1 is 1.21 bits per heavy atom. The molecule has 0 fully saturated rings. The lowest BCUT2D eigenvalue weighted by Gasteiger charge is -2.23. The molecule has 1 amide bonds. The first-order valence-corrected chi connectivity index (χ1v) is 9.83. The Kier molecular flexibility index (Phi) is 6.23. The molecule has 1 heterocycles. The normalized spacial score (nSPS) is 16.6. The van der Waals surface area contributed by atoms with Crippen molar-refractivity contribution in [3.05, 3.63) is 65.2 Å². The molecule has 0 bridgehead atoms. The second kappa shape index (κ2) is 8.66. The Balaban J connectivity index is 1.83. The molecule has 3 rings (SSSR count). The van der Waals surface area contributed by atoms with Crippen LogP contribution >= 0.6 is 0 Å². The Labute approximate surface area is 171 Å². The van der Waals surface area contributed by atoms with Gasteiger partial charge in [0.05, 0.1) is 12.2 Å². The van der Waals surface area contributed by atoms with Crippen molar-refractivity contribution in [2.45, 2.75) is 45.4 Å². The molecule has 0 saturated carbocycles. The summed E-state index contributed by atoms with van der Waals surface area (Å²) in [6.07, 6.45) is 0.714. The van der Waals surface area contributed by atoms with Gasteiger partial charge in [0, 0.05) is 18.8 Å². The molecule has 0 aromatic heterocycles. The molecule has 0 unspecified atom stereocenters. The largest absolute Gasteiger partial charge is 0.456 e. The van der Waals surface area contributed by atoms with E-state index in [2.05, 4.69) is 5.32 Å². The topological polar surface area (TPSA) is 78.9 Å². The van der Waals surface area contributed by atoms with Gasteiger partial charge >= 0.3 is 5.97 Å². The average molecular weight is 396 g/mol. The number of benzene rings is 2. The van der Waals surface area contributed by atoms with E-state index >= 15 is 0 Å². The van der Waals surface area contributed by atoms with E-state index in [1.54, 1.807) is 23.1 Å². The maximum Gasteiger partial charge on any atom is 0.338 e. The van der Waals surface area contributed by atoms with Crippen LogP contribution in [0.25, 0.3) is 0 Å². The van der Waals surface area contributed by atoms with Crippen molar-refractivity contribution in [2.75, 3.05) is 18.5 Å². The number of esters is 1. The maximum absolute atomic E-state index is 12.9. The van der Waals surface area contributed by atoms with Crippen molar-refractivity contribution >= 4 is 17.6 Å². The third-order valence-electron chi connectivity index (χ3n) is 4.74. The number of nitrogens with zero attached hydrogens (tertiary/aromatic N) is 1. The standard InChI is InChI=1S/C23H28N2O4/c1-23(2,3)29-22(28)17-9-10-19-18(13-17)14-25(21(27)20(15-26)24-19)12-11-16-7-5-4-6-8-16/h4-10,13,20,24,26H,11-12,14-15H2,1-3H3/t20-/m1/s1. The minimum atomic E-state index is -0.709. The molecule has 154 valence electrons. The summed E-state index contributed by atoms with van der Waals surface area (Å²) in [5.74, 6) is -0.552. The lowest BCUT2D eigenvalue weighted by molar-refractivity contribution is -0.133. The fraction of sp³-hybridized carbons (Fsp3) is 0.391. The molecule has 1 atom stereocenters. The first-order valence-electron chi connectivity index (χ1n) is 9.83. The number of hydrogen-bond acceptors (Lipinski definition) is 5. The third kappa shape index (κ3) is 5.35. The van der Waals surface area contributed by atoms with Crippen molar-refractivity contribution in [2.24, 2.45) is 0 Å². The predicted molar refractivity (Wildman–Crippen MR) is 112 cm³/mol. The highest BCUT2D eigenvalue weighted by atomic mass is 16.6. The fourth-order valence-corrected chi connectivity index (χ4v) is 3.30. The number of ether oxygens (including phenoxy) is 1. The molecule has 2 aromatic carbocycles. The van der Waals surface area contributed by atoms with Crippen LogP contribution in [0.15, 0.2) is 48.5 Å². The van der Waals surface area contributed by atoms with E-state index in [0.29, 0.717) is 25.1 Å². The van der Waals surface area contributed by atoms with Crippen molar-refractivity contribution < 1.29 is 19.4 Å². The van der Waals surface area contributed by atoms with Crippen molar-refractivity contribution in [1.82, 2.24) is 4.90 Å².